The van der Waals surface area contributed by atoms with Gasteiger partial charge in [-0.05, 0) is 49.6 Å². The summed E-state index contributed by atoms with van der Waals surface area (Å²) in [4.78, 5) is 4.76. The molecule has 3 aromatic rings. The number of nitrogens with zero attached hydrogens (tertiary/aromatic N) is 2. The average molecular weight is 469 g/mol. The van der Waals surface area contributed by atoms with Crippen LogP contribution in [-0.2, 0) is 14.8 Å². The Balaban J connectivity index is 1.84. The molecule has 1 aliphatic heterocycles. The van der Waals surface area contributed by atoms with Crippen molar-refractivity contribution < 1.29 is 13.2 Å². The van der Waals surface area contributed by atoms with Gasteiger partial charge in [0, 0.05) is 36.0 Å². The highest BCUT2D eigenvalue weighted by molar-refractivity contribution is 7.92. The zero-order chi connectivity index (χ0) is 21.3. The fourth-order valence-corrected chi connectivity index (χ4v) is 4.61. The van der Waals surface area contributed by atoms with E-state index in [1.807, 2.05) is 10.5 Å². The maximum atomic E-state index is 11.7. The van der Waals surface area contributed by atoms with Gasteiger partial charge in [-0.25, -0.2) is 13.4 Å². The molecule has 0 radical (unpaired) electrons. The van der Waals surface area contributed by atoms with Gasteiger partial charge >= 0.3 is 0 Å². The second-order valence-electron chi connectivity index (χ2n) is 7.34. The monoisotopic (exact) mass is 468 g/mol. The molecule has 160 valence electrons. The topological polar surface area (TPSA) is 84.7 Å². The fraction of sp³-hybridized carbons (Fsp3) is 0.350. The van der Waals surface area contributed by atoms with Gasteiger partial charge in [-0.1, -0.05) is 23.2 Å². The minimum absolute atomic E-state index is 0.198. The Kier molecular flexibility index (Phi) is 6.11. The van der Waals surface area contributed by atoms with Crippen LogP contribution >= 0.6 is 23.2 Å². The predicted molar refractivity (Wildman–Crippen MR) is 121 cm³/mol. The molecule has 2 aromatic heterocycles. The van der Waals surface area contributed by atoms with Crippen molar-refractivity contribution in [3.63, 3.8) is 0 Å². The first-order valence-corrected chi connectivity index (χ1v) is 12.2. The maximum Gasteiger partial charge on any atom is 0.229 e. The van der Waals surface area contributed by atoms with E-state index in [-0.39, 0.29) is 6.04 Å². The Morgan fingerprint density at radius 3 is 2.77 bits per heavy atom. The molecule has 1 saturated heterocycles. The molecule has 10 heteroatoms. The summed E-state index contributed by atoms with van der Waals surface area (Å²) >= 11 is 12.6. The van der Waals surface area contributed by atoms with Crippen molar-refractivity contribution in [1.82, 2.24) is 9.38 Å². The van der Waals surface area contributed by atoms with Crippen molar-refractivity contribution in [2.75, 3.05) is 29.5 Å². The average Bonchev–Trinajstić information content (AvgIpc) is 2.83. The van der Waals surface area contributed by atoms with E-state index in [1.165, 1.54) is 0 Å². The zero-order valence-electron chi connectivity index (χ0n) is 16.4. The molecule has 30 heavy (non-hydrogen) atoms. The van der Waals surface area contributed by atoms with Crippen LogP contribution < -0.4 is 10.0 Å². The van der Waals surface area contributed by atoms with Gasteiger partial charge in [-0.3, -0.25) is 9.12 Å². The Bertz CT molecular complexity index is 1170. The summed E-state index contributed by atoms with van der Waals surface area (Å²) in [6, 6.07) is 8.93. The van der Waals surface area contributed by atoms with E-state index in [1.54, 1.807) is 30.5 Å². The molecule has 0 aliphatic carbocycles. The highest BCUT2D eigenvalue weighted by Gasteiger charge is 2.21. The number of hydrogen-bond acceptors (Lipinski definition) is 5. The number of halogens is 2. The van der Waals surface area contributed by atoms with Crippen LogP contribution in [0.15, 0.2) is 36.5 Å². The third kappa shape index (κ3) is 4.83. The van der Waals surface area contributed by atoms with E-state index in [0.29, 0.717) is 33.7 Å². The van der Waals surface area contributed by atoms with Crippen LogP contribution in [0, 0.1) is 0 Å². The van der Waals surface area contributed by atoms with Gasteiger partial charge in [0.15, 0.2) is 0 Å². The molecular formula is C20H22Cl2N4O3S. The first-order chi connectivity index (χ1) is 14.3. The molecule has 2 N–H and O–H groups in total. The molecule has 0 amide bonds. The van der Waals surface area contributed by atoms with E-state index in [2.05, 4.69) is 10.0 Å². The van der Waals surface area contributed by atoms with Crippen LogP contribution in [-0.4, -0.2) is 43.3 Å². The summed E-state index contributed by atoms with van der Waals surface area (Å²) in [5.74, 6) is 0.748. The Morgan fingerprint density at radius 1 is 1.17 bits per heavy atom. The second-order valence-corrected chi connectivity index (χ2v) is 9.93. The number of benzene rings is 1. The Labute approximate surface area is 185 Å². The van der Waals surface area contributed by atoms with Crippen molar-refractivity contribution in [2.45, 2.75) is 25.3 Å². The van der Waals surface area contributed by atoms with Crippen LogP contribution in [0.3, 0.4) is 0 Å². The number of fused-ring (bicyclic) bond motifs is 1. The summed E-state index contributed by atoms with van der Waals surface area (Å²) in [6.07, 6.45) is 5.62. The quantitative estimate of drug-likeness (QED) is 0.568. The van der Waals surface area contributed by atoms with Gasteiger partial charge in [0.1, 0.15) is 17.2 Å². The molecular weight excluding hydrogens is 447 g/mol. The maximum absolute atomic E-state index is 11.7. The normalized spacial score (nSPS) is 17.6. The number of hydrogen-bond donors (Lipinski definition) is 2. The van der Waals surface area contributed by atoms with Crippen molar-refractivity contribution >= 4 is 50.4 Å². The van der Waals surface area contributed by atoms with Crippen molar-refractivity contribution in [1.29, 1.82) is 0 Å². The predicted octanol–water partition coefficient (Wildman–Crippen LogP) is 4.66. The second kappa shape index (κ2) is 8.63. The van der Waals surface area contributed by atoms with Gasteiger partial charge in [-0.15, -0.1) is 0 Å². The van der Waals surface area contributed by atoms with Gasteiger partial charge in [0.2, 0.25) is 10.0 Å². The molecule has 0 spiro atoms. The number of sulfonamides is 1. The van der Waals surface area contributed by atoms with Crippen LogP contribution in [0.25, 0.3) is 16.9 Å². The van der Waals surface area contributed by atoms with E-state index in [0.717, 1.165) is 43.5 Å². The van der Waals surface area contributed by atoms with Crippen molar-refractivity contribution in [3.8, 4) is 11.3 Å². The number of nitrogens with one attached hydrogen (secondary N) is 2. The summed E-state index contributed by atoms with van der Waals surface area (Å²) in [5, 5.41) is 4.63. The number of anilines is 2. The number of rotatable bonds is 5. The molecule has 1 unspecified atom stereocenters. The number of imidazole rings is 1. The van der Waals surface area contributed by atoms with Crippen molar-refractivity contribution in [2.24, 2.45) is 0 Å². The smallest absolute Gasteiger partial charge is 0.229 e. The first kappa shape index (κ1) is 21.2. The van der Waals surface area contributed by atoms with Crippen LogP contribution in [0.5, 0.6) is 0 Å². The molecule has 1 atom stereocenters. The molecule has 0 bridgehead atoms. The third-order valence-corrected chi connectivity index (χ3v) is 6.06. The van der Waals surface area contributed by atoms with Crippen LogP contribution in [0.4, 0.5) is 11.5 Å². The summed E-state index contributed by atoms with van der Waals surface area (Å²) in [7, 11) is -3.40. The standard InChI is InChI=1S/C20H22Cl2N4O3S/c1-30(27,28)25-15-5-7-18-24-19(16-6-4-13(21)11-17(16)22)20(26(18)12-15)23-14-3-2-9-29-10-8-14/h4-7,11-12,14,23,25H,2-3,8-10H2,1H3. The van der Waals surface area contributed by atoms with E-state index >= 15 is 0 Å². The molecule has 7 nitrogen and oxygen atoms in total. The summed E-state index contributed by atoms with van der Waals surface area (Å²) < 4.78 is 33.3. The lowest BCUT2D eigenvalue weighted by atomic mass is 10.1. The van der Waals surface area contributed by atoms with Crippen molar-refractivity contribution in [3.05, 3.63) is 46.6 Å². The number of ether oxygens (including phenoxy) is 1. The molecule has 3 heterocycles. The largest absolute Gasteiger partial charge is 0.381 e. The Morgan fingerprint density at radius 2 is 2.00 bits per heavy atom. The Hall–Kier alpha value is -2.00. The highest BCUT2D eigenvalue weighted by atomic mass is 35.5. The van der Waals surface area contributed by atoms with Crippen LogP contribution in [0.1, 0.15) is 19.3 Å². The molecule has 1 fully saturated rings. The lowest BCUT2D eigenvalue weighted by molar-refractivity contribution is 0.144. The van der Waals surface area contributed by atoms with Gasteiger partial charge in [-0.2, -0.15) is 0 Å². The minimum atomic E-state index is -3.40. The van der Waals surface area contributed by atoms with Gasteiger partial charge in [0.25, 0.3) is 0 Å². The van der Waals surface area contributed by atoms with E-state index < -0.39 is 10.0 Å². The summed E-state index contributed by atoms with van der Waals surface area (Å²) in [5.41, 5.74) is 2.54. The zero-order valence-corrected chi connectivity index (χ0v) is 18.7. The molecule has 4 rings (SSSR count). The SMILES string of the molecule is CS(=O)(=O)Nc1ccc2nc(-c3ccc(Cl)cc3Cl)c(NC3CCCOCC3)n2c1. The van der Waals surface area contributed by atoms with Crippen LogP contribution in [0.2, 0.25) is 10.0 Å². The molecule has 1 aliphatic rings. The van der Waals surface area contributed by atoms with E-state index in [4.69, 9.17) is 32.9 Å². The lowest BCUT2D eigenvalue weighted by Crippen LogP contribution is -2.21. The first-order valence-electron chi connectivity index (χ1n) is 9.60. The number of aromatic nitrogens is 2. The van der Waals surface area contributed by atoms with E-state index in [9.17, 15) is 8.42 Å². The van der Waals surface area contributed by atoms with Gasteiger partial charge in [0.05, 0.1) is 17.0 Å². The number of pyridine rings is 1. The summed E-state index contributed by atoms with van der Waals surface area (Å²) in [6.45, 7) is 1.44. The third-order valence-electron chi connectivity index (χ3n) is 4.90. The lowest BCUT2D eigenvalue weighted by Gasteiger charge is -2.18. The fourth-order valence-electron chi connectivity index (χ4n) is 3.57. The highest BCUT2D eigenvalue weighted by Crippen LogP contribution is 2.36. The molecule has 0 saturated carbocycles. The minimum Gasteiger partial charge on any atom is -0.381 e. The molecule has 1 aromatic carbocycles. The van der Waals surface area contributed by atoms with Gasteiger partial charge < -0.3 is 10.1 Å².